The summed E-state index contributed by atoms with van der Waals surface area (Å²) in [6, 6.07) is 4.44. The van der Waals surface area contributed by atoms with Crippen LogP contribution in [0.5, 0.6) is 0 Å². The van der Waals surface area contributed by atoms with Gasteiger partial charge in [-0.2, -0.15) is 0 Å². The van der Waals surface area contributed by atoms with E-state index in [2.05, 4.69) is 6.58 Å². The Balaban J connectivity index is 1.79. The largest absolute Gasteiger partial charge is 0.466 e. The first-order chi connectivity index (χ1) is 16.3. The quantitative estimate of drug-likeness (QED) is 0.422. The summed E-state index contributed by atoms with van der Waals surface area (Å²) in [6.07, 6.45) is 2.51. The molecular formula is C25H31ClN2O6. The SMILES string of the molecule is C=CCN(C(=O)[C@H]1N(CCCO)C(=O)[C@@H]2[C@@H](C(=O)OCC)[C@H]3CC[C@]21O3)c1c(C)cccc1Cl. The number of anilines is 1. The van der Waals surface area contributed by atoms with Gasteiger partial charge in [-0.15, -0.1) is 6.58 Å². The molecule has 1 spiro atoms. The Morgan fingerprint density at radius 1 is 1.44 bits per heavy atom. The summed E-state index contributed by atoms with van der Waals surface area (Å²) in [5, 5.41) is 9.87. The van der Waals surface area contributed by atoms with Crippen LogP contribution in [0.25, 0.3) is 0 Å². The van der Waals surface area contributed by atoms with Gasteiger partial charge in [0, 0.05) is 19.7 Å². The third-order valence-electron chi connectivity index (χ3n) is 7.19. The Kier molecular flexibility index (Phi) is 7.03. The number of aliphatic hydroxyl groups excluding tert-OH is 1. The van der Waals surface area contributed by atoms with Crippen LogP contribution in [0.15, 0.2) is 30.9 Å². The summed E-state index contributed by atoms with van der Waals surface area (Å²) in [4.78, 5) is 43.8. The van der Waals surface area contributed by atoms with Crippen molar-refractivity contribution in [1.29, 1.82) is 0 Å². The third kappa shape index (κ3) is 3.72. The molecule has 1 N–H and O–H groups in total. The first-order valence-corrected chi connectivity index (χ1v) is 12.1. The van der Waals surface area contributed by atoms with Gasteiger partial charge >= 0.3 is 5.97 Å². The van der Waals surface area contributed by atoms with Gasteiger partial charge in [0.05, 0.1) is 35.3 Å². The summed E-state index contributed by atoms with van der Waals surface area (Å²) >= 11 is 6.51. The molecule has 5 atom stereocenters. The van der Waals surface area contributed by atoms with E-state index in [9.17, 15) is 19.5 Å². The van der Waals surface area contributed by atoms with Gasteiger partial charge in [0.1, 0.15) is 11.6 Å². The fraction of sp³-hybridized carbons (Fsp3) is 0.560. The van der Waals surface area contributed by atoms with E-state index in [0.29, 0.717) is 30.0 Å². The number of carbonyl (C=O) groups excluding carboxylic acids is 3. The van der Waals surface area contributed by atoms with Crippen LogP contribution in [0, 0.1) is 18.8 Å². The molecule has 0 aliphatic carbocycles. The predicted molar refractivity (Wildman–Crippen MR) is 126 cm³/mol. The number of hydrogen-bond donors (Lipinski definition) is 1. The highest BCUT2D eigenvalue weighted by Gasteiger charge is 2.75. The number of rotatable bonds is 9. The van der Waals surface area contributed by atoms with E-state index < -0.39 is 35.6 Å². The molecule has 1 aromatic rings. The molecule has 9 heteroatoms. The van der Waals surface area contributed by atoms with E-state index in [0.717, 1.165) is 5.56 Å². The zero-order chi connectivity index (χ0) is 24.6. The molecular weight excluding hydrogens is 460 g/mol. The number of benzene rings is 1. The van der Waals surface area contributed by atoms with E-state index in [1.165, 1.54) is 4.90 Å². The monoisotopic (exact) mass is 490 g/mol. The molecule has 3 fully saturated rings. The maximum atomic E-state index is 14.3. The predicted octanol–water partition coefficient (Wildman–Crippen LogP) is 2.49. The van der Waals surface area contributed by atoms with E-state index in [4.69, 9.17) is 21.1 Å². The zero-order valence-corrected chi connectivity index (χ0v) is 20.3. The van der Waals surface area contributed by atoms with E-state index >= 15 is 0 Å². The fourth-order valence-corrected chi connectivity index (χ4v) is 6.28. The number of aryl methyl sites for hydroxylation is 1. The molecule has 0 aromatic heterocycles. The summed E-state index contributed by atoms with van der Waals surface area (Å²) in [5.74, 6) is -2.65. The molecule has 0 radical (unpaired) electrons. The first kappa shape index (κ1) is 24.7. The fourth-order valence-electron chi connectivity index (χ4n) is 5.95. The van der Waals surface area contributed by atoms with Crippen LogP contribution in [0.2, 0.25) is 5.02 Å². The summed E-state index contributed by atoms with van der Waals surface area (Å²) in [6.45, 7) is 7.82. The van der Waals surface area contributed by atoms with Crippen molar-refractivity contribution in [2.24, 2.45) is 11.8 Å². The van der Waals surface area contributed by atoms with Crippen LogP contribution in [0.3, 0.4) is 0 Å². The number of ether oxygens (including phenoxy) is 2. The van der Waals surface area contributed by atoms with Gasteiger partial charge in [-0.3, -0.25) is 14.4 Å². The highest BCUT2D eigenvalue weighted by atomic mass is 35.5. The average Bonchev–Trinajstić information content (AvgIpc) is 3.44. The number of para-hydroxylation sites is 1. The summed E-state index contributed by atoms with van der Waals surface area (Å²) < 4.78 is 11.6. The van der Waals surface area contributed by atoms with Crippen molar-refractivity contribution in [3.05, 3.63) is 41.4 Å². The molecule has 4 rings (SSSR count). The minimum absolute atomic E-state index is 0.132. The smallest absolute Gasteiger partial charge is 0.312 e. The normalized spacial score (nSPS) is 29.3. The third-order valence-corrected chi connectivity index (χ3v) is 7.49. The van der Waals surface area contributed by atoms with Gasteiger partial charge in [-0.25, -0.2) is 0 Å². The molecule has 3 heterocycles. The van der Waals surface area contributed by atoms with Crippen LogP contribution < -0.4 is 4.90 Å². The van der Waals surface area contributed by atoms with Gasteiger partial charge in [0.2, 0.25) is 5.91 Å². The lowest BCUT2D eigenvalue weighted by Crippen LogP contribution is -2.56. The van der Waals surface area contributed by atoms with Crippen molar-refractivity contribution in [2.45, 2.75) is 50.9 Å². The minimum Gasteiger partial charge on any atom is -0.466 e. The van der Waals surface area contributed by atoms with Crippen LogP contribution in [0.1, 0.15) is 31.7 Å². The van der Waals surface area contributed by atoms with Gasteiger partial charge in [-0.1, -0.05) is 29.8 Å². The highest BCUT2D eigenvalue weighted by molar-refractivity contribution is 6.34. The maximum Gasteiger partial charge on any atom is 0.312 e. The van der Waals surface area contributed by atoms with E-state index in [-0.39, 0.29) is 38.1 Å². The lowest BCUT2D eigenvalue weighted by atomic mass is 9.70. The number of nitrogens with zero attached hydrogens (tertiary/aromatic N) is 2. The Hall–Kier alpha value is -2.42. The topological polar surface area (TPSA) is 96.4 Å². The lowest BCUT2D eigenvalue weighted by Gasteiger charge is -2.37. The molecule has 34 heavy (non-hydrogen) atoms. The van der Waals surface area contributed by atoms with Crippen molar-refractivity contribution < 1.29 is 29.0 Å². The second-order valence-corrected chi connectivity index (χ2v) is 9.47. The van der Waals surface area contributed by atoms with Crippen LogP contribution in [-0.2, 0) is 23.9 Å². The van der Waals surface area contributed by atoms with Crippen molar-refractivity contribution in [1.82, 2.24) is 4.90 Å². The van der Waals surface area contributed by atoms with Crippen molar-refractivity contribution in [3.63, 3.8) is 0 Å². The highest BCUT2D eigenvalue weighted by Crippen LogP contribution is 2.59. The molecule has 3 aliphatic rings. The minimum atomic E-state index is -1.12. The van der Waals surface area contributed by atoms with E-state index in [1.807, 2.05) is 19.1 Å². The number of amides is 2. The van der Waals surface area contributed by atoms with Gasteiger partial charge in [0.15, 0.2) is 0 Å². The molecule has 1 aromatic carbocycles. The second-order valence-electron chi connectivity index (χ2n) is 9.06. The summed E-state index contributed by atoms with van der Waals surface area (Å²) in [5.41, 5.74) is 0.238. The molecule has 2 amide bonds. The Bertz CT molecular complexity index is 979. The number of carbonyl (C=O) groups is 3. The number of fused-ring (bicyclic) bond motifs is 1. The Morgan fingerprint density at radius 3 is 2.85 bits per heavy atom. The molecule has 184 valence electrons. The van der Waals surface area contributed by atoms with Gasteiger partial charge in [-0.05, 0) is 44.7 Å². The van der Waals surface area contributed by atoms with Crippen molar-refractivity contribution in [3.8, 4) is 0 Å². The second kappa shape index (κ2) is 9.68. The van der Waals surface area contributed by atoms with Crippen LogP contribution in [-0.4, -0.2) is 71.8 Å². The van der Waals surface area contributed by atoms with E-state index in [1.54, 1.807) is 24.0 Å². The maximum absolute atomic E-state index is 14.3. The van der Waals surface area contributed by atoms with Crippen molar-refractivity contribution >= 4 is 35.1 Å². The molecule has 3 saturated heterocycles. The lowest BCUT2D eigenvalue weighted by molar-refractivity contribution is -0.154. The van der Waals surface area contributed by atoms with Gasteiger partial charge < -0.3 is 24.4 Å². The Labute approximate surface area is 204 Å². The standard InChI is InChI=1S/C25H31ClN2O6/c1-4-12-27(20-15(3)8-6-9-16(20)26)23(31)21-25-11-10-17(34-25)18(24(32)33-5-2)19(25)22(30)28(21)13-7-14-29/h4,6,8-9,17-19,21,29H,1,5,7,10-14H2,2-3H3/t17-,18+,19+,21-,25+/m1/s1. The zero-order valence-electron chi connectivity index (χ0n) is 19.5. The summed E-state index contributed by atoms with van der Waals surface area (Å²) in [7, 11) is 0. The number of halogens is 1. The number of aliphatic hydroxyl groups is 1. The Morgan fingerprint density at radius 2 is 2.21 bits per heavy atom. The number of likely N-dealkylation sites (tertiary alicyclic amines) is 1. The number of esters is 1. The first-order valence-electron chi connectivity index (χ1n) is 11.8. The molecule has 3 aliphatic heterocycles. The van der Waals surface area contributed by atoms with Gasteiger partial charge in [0.25, 0.3) is 5.91 Å². The number of hydrogen-bond acceptors (Lipinski definition) is 6. The molecule has 8 nitrogen and oxygen atoms in total. The van der Waals surface area contributed by atoms with Crippen LogP contribution >= 0.6 is 11.6 Å². The molecule has 2 bridgehead atoms. The van der Waals surface area contributed by atoms with Crippen molar-refractivity contribution in [2.75, 3.05) is 31.2 Å². The molecule has 0 unspecified atom stereocenters. The molecule has 0 saturated carbocycles. The average molecular weight is 491 g/mol. The van der Waals surface area contributed by atoms with Crippen LogP contribution in [0.4, 0.5) is 5.69 Å².